The number of rotatable bonds is 4. The molecule has 0 spiro atoms. The van der Waals surface area contributed by atoms with Crippen molar-refractivity contribution in [3.05, 3.63) is 10.5 Å². The van der Waals surface area contributed by atoms with Crippen LogP contribution in [0.5, 0.6) is 0 Å². The van der Waals surface area contributed by atoms with Gasteiger partial charge in [-0.05, 0) is 5.92 Å². The molecule has 0 aliphatic rings. The Hall–Kier alpha value is 0.270. The molecule has 1 nitrogen and oxygen atoms in total. The molecule has 0 aliphatic heterocycles. The van der Waals surface area contributed by atoms with Gasteiger partial charge in [-0.3, -0.25) is 0 Å². The molecule has 0 aromatic carbocycles. The molecule has 12 heavy (non-hydrogen) atoms. The number of aromatic nitrogens is 1. The molecule has 1 rings (SSSR count). The van der Waals surface area contributed by atoms with E-state index in [2.05, 4.69) is 18.8 Å². The van der Waals surface area contributed by atoms with Crippen molar-refractivity contribution in [1.29, 1.82) is 0 Å². The summed E-state index contributed by atoms with van der Waals surface area (Å²) in [5.74, 6) is 1.90. The van der Waals surface area contributed by atoms with Gasteiger partial charge in [0, 0.05) is 11.1 Å². The topological polar surface area (TPSA) is 12.9 Å². The molecule has 0 amide bonds. The summed E-state index contributed by atoms with van der Waals surface area (Å²) in [5.41, 5.74) is 0. The van der Waals surface area contributed by atoms with Crippen molar-refractivity contribution in [1.82, 2.24) is 4.98 Å². The zero-order valence-corrected chi connectivity index (χ0v) is 9.60. The molecule has 0 saturated heterocycles. The minimum absolute atomic E-state index is 0.617. The molecule has 0 N–H and O–H groups in total. The maximum atomic E-state index is 5.70. The summed E-state index contributed by atoms with van der Waals surface area (Å²) in [6.45, 7) is 4.46. The maximum absolute atomic E-state index is 5.70. The Balaban J connectivity index is 2.33. The third kappa shape index (κ3) is 3.33. The van der Waals surface area contributed by atoms with Crippen molar-refractivity contribution in [2.45, 2.75) is 24.6 Å². The Morgan fingerprint density at radius 3 is 3.00 bits per heavy atom. The van der Waals surface area contributed by atoms with Crippen molar-refractivity contribution >= 4 is 34.7 Å². The Bertz CT molecular complexity index is 237. The van der Waals surface area contributed by atoms with E-state index < -0.39 is 0 Å². The predicted octanol–water partition coefficient (Wildman–Crippen LogP) is 3.93. The van der Waals surface area contributed by atoms with Crippen LogP contribution in [0.1, 0.15) is 20.3 Å². The Labute approximate surface area is 86.5 Å². The number of hydrogen-bond donors (Lipinski definition) is 0. The molecule has 0 aliphatic carbocycles. The SMILES string of the molecule is CCC(C)CSc1nc(Cl)cs1. The fourth-order valence-corrected chi connectivity index (χ4v) is 2.80. The molecular weight excluding hydrogens is 210 g/mol. The second-order valence-corrected chi connectivity index (χ2v) is 5.27. The van der Waals surface area contributed by atoms with Crippen molar-refractivity contribution in [2.75, 3.05) is 5.75 Å². The molecular formula is C8H12ClNS2. The highest BCUT2D eigenvalue weighted by Gasteiger charge is 2.03. The zero-order chi connectivity index (χ0) is 8.97. The molecule has 0 saturated carbocycles. The van der Waals surface area contributed by atoms with Crippen molar-refractivity contribution in [2.24, 2.45) is 5.92 Å². The van der Waals surface area contributed by atoms with Gasteiger partial charge in [0.15, 0.2) is 4.34 Å². The van der Waals surface area contributed by atoms with Crippen LogP contribution in [0.15, 0.2) is 9.72 Å². The standard InChI is InChI=1S/C8H12ClNS2/c1-3-6(2)4-11-8-10-7(9)5-12-8/h5-6H,3-4H2,1-2H3. The van der Waals surface area contributed by atoms with Crippen molar-refractivity contribution in [3.63, 3.8) is 0 Å². The Morgan fingerprint density at radius 1 is 1.75 bits per heavy atom. The van der Waals surface area contributed by atoms with Crippen LogP contribution in [0.25, 0.3) is 0 Å². The van der Waals surface area contributed by atoms with E-state index in [1.807, 2.05) is 5.38 Å². The lowest BCUT2D eigenvalue weighted by atomic mass is 10.2. The molecule has 1 aromatic rings. The molecule has 1 heterocycles. The minimum atomic E-state index is 0.617. The number of halogens is 1. The van der Waals surface area contributed by atoms with Crippen LogP contribution in [0, 0.1) is 5.92 Å². The van der Waals surface area contributed by atoms with Gasteiger partial charge in [-0.15, -0.1) is 11.3 Å². The molecule has 1 aromatic heterocycles. The maximum Gasteiger partial charge on any atom is 0.151 e. The minimum Gasteiger partial charge on any atom is -0.218 e. The number of hydrogen-bond acceptors (Lipinski definition) is 3. The smallest absolute Gasteiger partial charge is 0.151 e. The van der Waals surface area contributed by atoms with Gasteiger partial charge in [-0.1, -0.05) is 43.6 Å². The molecule has 0 fully saturated rings. The van der Waals surface area contributed by atoms with Crippen LogP contribution in [0.2, 0.25) is 5.15 Å². The summed E-state index contributed by atoms with van der Waals surface area (Å²) in [7, 11) is 0. The molecule has 0 bridgehead atoms. The molecule has 1 atom stereocenters. The lowest BCUT2D eigenvalue weighted by Gasteiger charge is -2.04. The van der Waals surface area contributed by atoms with E-state index in [-0.39, 0.29) is 0 Å². The summed E-state index contributed by atoms with van der Waals surface area (Å²) < 4.78 is 1.08. The van der Waals surface area contributed by atoms with Crippen LogP contribution in [0.3, 0.4) is 0 Å². The summed E-state index contributed by atoms with van der Waals surface area (Å²) in [5, 5.41) is 2.49. The summed E-state index contributed by atoms with van der Waals surface area (Å²) in [6, 6.07) is 0. The number of thioether (sulfide) groups is 1. The second-order valence-electron chi connectivity index (χ2n) is 2.76. The third-order valence-corrected chi connectivity index (χ3v) is 4.32. The largest absolute Gasteiger partial charge is 0.218 e. The van der Waals surface area contributed by atoms with Crippen LogP contribution in [0.4, 0.5) is 0 Å². The van der Waals surface area contributed by atoms with Crippen LogP contribution >= 0.6 is 34.7 Å². The van der Waals surface area contributed by atoms with Crippen LogP contribution in [-0.2, 0) is 0 Å². The first-order chi connectivity index (χ1) is 5.72. The highest BCUT2D eigenvalue weighted by Crippen LogP contribution is 2.26. The Kier molecular flexibility index (Phi) is 4.40. The zero-order valence-electron chi connectivity index (χ0n) is 7.21. The van der Waals surface area contributed by atoms with Crippen LogP contribution in [-0.4, -0.2) is 10.7 Å². The summed E-state index contributed by atoms with van der Waals surface area (Å²) in [4.78, 5) is 4.16. The summed E-state index contributed by atoms with van der Waals surface area (Å²) in [6.07, 6.45) is 1.23. The highest BCUT2D eigenvalue weighted by molar-refractivity contribution is 8.01. The van der Waals surface area contributed by atoms with Crippen LogP contribution < -0.4 is 0 Å². The predicted molar refractivity (Wildman–Crippen MR) is 57.3 cm³/mol. The fourth-order valence-electron chi connectivity index (χ4n) is 0.637. The number of thiazole rings is 1. The molecule has 68 valence electrons. The normalized spacial score (nSPS) is 13.2. The first-order valence-electron chi connectivity index (χ1n) is 3.96. The van der Waals surface area contributed by atoms with Gasteiger partial charge in [0.1, 0.15) is 5.15 Å². The van der Waals surface area contributed by atoms with Crippen molar-refractivity contribution in [3.8, 4) is 0 Å². The van der Waals surface area contributed by atoms with Gasteiger partial charge in [0.2, 0.25) is 0 Å². The van der Waals surface area contributed by atoms with E-state index in [9.17, 15) is 0 Å². The highest BCUT2D eigenvalue weighted by atomic mass is 35.5. The monoisotopic (exact) mass is 221 g/mol. The van der Waals surface area contributed by atoms with E-state index in [1.165, 1.54) is 6.42 Å². The van der Waals surface area contributed by atoms with E-state index >= 15 is 0 Å². The average Bonchev–Trinajstić information content (AvgIpc) is 2.47. The van der Waals surface area contributed by atoms with E-state index in [0.717, 1.165) is 16.0 Å². The van der Waals surface area contributed by atoms with E-state index in [4.69, 9.17) is 11.6 Å². The first-order valence-corrected chi connectivity index (χ1v) is 6.20. The quantitative estimate of drug-likeness (QED) is 0.715. The van der Waals surface area contributed by atoms with Gasteiger partial charge in [0.25, 0.3) is 0 Å². The van der Waals surface area contributed by atoms with Gasteiger partial charge < -0.3 is 0 Å². The van der Waals surface area contributed by atoms with Gasteiger partial charge in [0.05, 0.1) is 0 Å². The van der Waals surface area contributed by atoms with E-state index in [1.54, 1.807) is 23.1 Å². The summed E-state index contributed by atoms with van der Waals surface area (Å²) >= 11 is 9.11. The first kappa shape index (κ1) is 10.4. The third-order valence-electron chi connectivity index (χ3n) is 1.64. The van der Waals surface area contributed by atoms with Gasteiger partial charge >= 0.3 is 0 Å². The molecule has 1 unspecified atom stereocenters. The average molecular weight is 222 g/mol. The molecule has 0 radical (unpaired) electrons. The lowest BCUT2D eigenvalue weighted by Crippen LogP contribution is -1.94. The second kappa shape index (κ2) is 5.10. The van der Waals surface area contributed by atoms with E-state index in [0.29, 0.717) is 5.15 Å². The number of nitrogens with zero attached hydrogens (tertiary/aromatic N) is 1. The lowest BCUT2D eigenvalue weighted by molar-refractivity contribution is 0.637. The van der Waals surface area contributed by atoms with Gasteiger partial charge in [-0.2, -0.15) is 0 Å². The fraction of sp³-hybridized carbons (Fsp3) is 0.625. The van der Waals surface area contributed by atoms with Crippen molar-refractivity contribution < 1.29 is 0 Å². The van der Waals surface area contributed by atoms with Gasteiger partial charge in [-0.25, -0.2) is 4.98 Å². The molecule has 4 heteroatoms. The Morgan fingerprint density at radius 2 is 2.50 bits per heavy atom.